The van der Waals surface area contributed by atoms with Crippen molar-refractivity contribution in [3.63, 3.8) is 0 Å². The van der Waals surface area contributed by atoms with Crippen LogP contribution in [0.15, 0.2) is 57.6 Å². The normalized spacial score (nSPS) is 11.5. The molecule has 0 unspecified atom stereocenters. The Kier molecular flexibility index (Phi) is 5.03. The van der Waals surface area contributed by atoms with E-state index >= 15 is 0 Å². The van der Waals surface area contributed by atoms with E-state index in [9.17, 15) is 9.59 Å². The summed E-state index contributed by atoms with van der Waals surface area (Å²) in [6.07, 6.45) is 1.48. The first-order valence-electron chi connectivity index (χ1n) is 8.12. The van der Waals surface area contributed by atoms with Crippen LogP contribution >= 0.6 is 0 Å². The van der Waals surface area contributed by atoms with Crippen molar-refractivity contribution in [1.82, 2.24) is 4.90 Å². The van der Waals surface area contributed by atoms with Gasteiger partial charge in [0.15, 0.2) is 11.5 Å². The lowest BCUT2D eigenvalue weighted by atomic mass is 10.1. The molecule has 0 aliphatic heterocycles. The molecule has 2 aromatic carbocycles. The number of methoxy groups -OCH3 is 2. The van der Waals surface area contributed by atoms with Crippen LogP contribution in [0, 0.1) is 0 Å². The summed E-state index contributed by atoms with van der Waals surface area (Å²) < 4.78 is 21.6. The Balaban J connectivity index is 2.19. The van der Waals surface area contributed by atoms with Gasteiger partial charge in [0.2, 0.25) is 11.2 Å². The van der Waals surface area contributed by atoms with E-state index in [1.165, 1.54) is 32.6 Å². The third kappa shape index (κ3) is 3.57. The Morgan fingerprint density at radius 3 is 2.44 bits per heavy atom. The van der Waals surface area contributed by atoms with Gasteiger partial charge in [-0.05, 0) is 18.2 Å². The second kappa shape index (κ2) is 7.41. The quantitative estimate of drug-likeness (QED) is 0.296. The first kappa shape index (κ1) is 18.3. The number of para-hydroxylation sites is 1. The zero-order chi connectivity index (χ0) is 19.6. The van der Waals surface area contributed by atoms with E-state index in [0.717, 1.165) is 0 Å². The average molecular weight is 369 g/mol. The van der Waals surface area contributed by atoms with E-state index < -0.39 is 5.97 Å². The number of esters is 1. The lowest BCUT2D eigenvalue weighted by Gasteiger charge is -2.14. The van der Waals surface area contributed by atoms with Crippen LogP contribution in [0.5, 0.6) is 11.5 Å². The van der Waals surface area contributed by atoms with Crippen molar-refractivity contribution in [3.8, 4) is 11.5 Å². The van der Waals surface area contributed by atoms with Crippen molar-refractivity contribution < 1.29 is 23.4 Å². The zero-order valence-electron chi connectivity index (χ0n) is 15.4. The van der Waals surface area contributed by atoms with Crippen LogP contribution in [0.4, 0.5) is 0 Å². The van der Waals surface area contributed by atoms with Gasteiger partial charge in [0.1, 0.15) is 11.2 Å². The highest BCUT2D eigenvalue weighted by atomic mass is 16.6. The van der Waals surface area contributed by atoms with Gasteiger partial charge in [0.05, 0.1) is 25.0 Å². The zero-order valence-corrected chi connectivity index (χ0v) is 15.4. The lowest BCUT2D eigenvalue weighted by molar-refractivity contribution is -0.138. The molecule has 1 heterocycles. The third-order valence-corrected chi connectivity index (χ3v) is 3.84. The summed E-state index contributed by atoms with van der Waals surface area (Å²) in [6.45, 7) is 0. The predicted octanol–water partition coefficient (Wildman–Crippen LogP) is 2.91. The minimum absolute atomic E-state index is 0.0386. The van der Waals surface area contributed by atoms with Gasteiger partial charge in [-0.3, -0.25) is 4.79 Å². The van der Waals surface area contributed by atoms with E-state index in [0.29, 0.717) is 27.7 Å². The summed E-state index contributed by atoms with van der Waals surface area (Å²) in [6, 6.07) is 10.0. The highest BCUT2D eigenvalue weighted by molar-refractivity contribution is 5.92. The van der Waals surface area contributed by atoms with Crippen molar-refractivity contribution in [2.24, 2.45) is 0 Å². The summed E-state index contributed by atoms with van der Waals surface area (Å²) in [5, 5.41) is 0.831. The molecule has 140 valence electrons. The summed E-state index contributed by atoms with van der Waals surface area (Å²) in [4.78, 5) is 26.4. The van der Waals surface area contributed by atoms with Crippen LogP contribution in [-0.2, 0) is 9.53 Å². The molecule has 0 atom stereocenters. The van der Waals surface area contributed by atoms with Crippen LogP contribution in [-0.4, -0.2) is 39.2 Å². The Hall–Kier alpha value is -3.48. The molecule has 0 saturated carbocycles. The fourth-order valence-electron chi connectivity index (χ4n) is 2.62. The highest BCUT2D eigenvalue weighted by Crippen LogP contribution is 2.34. The number of ether oxygens (including phenoxy) is 3. The Labute approximate surface area is 155 Å². The molecule has 0 aliphatic rings. The molecule has 1 aromatic heterocycles. The maximum atomic E-state index is 12.7. The summed E-state index contributed by atoms with van der Waals surface area (Å²) >= 11 is 0. The van der Waals surface area contributed by atoms with Gasteiger partial charge < -0.3 is 23.5 Å². The van der Waals surface area contributed by atoms with Crippen LogP contribution in [0.25, 0.3) is 21.9 Å². The molecule has 0 saturated heterocycles. The maximum Gasteiger partial charge on any atom is 0.375 e. The van der Waals surface area contributed by atoms with E-state index in [1.54, 1.807) is 43.3 Å². The number of benzene rings is 2. The van der Waals surface area contributed by atoms with Gasteiger partial charge in [-0.25, -0.2) is 4.79 Å². The van der Waals surface area contributed by atoms with Crippen molar-refractivity contribution in [2.45, 2.75) is 0 Å². The molecule has 0 fully saturated rings. The summed E-state index contributed by atoms with van der Waals surface area (Å²) in [7, 11) is 6.20. The minimum atomic E-state index is -0.647. The highest BCUT2D eigenvalue weighted by Gasteiger charge is 2.19. The van der Waals surface area contributed by atoms with E-state index in [2.05, 4.69) is 0 Å². The average Bonchev–Trinajstić information content (AvgIpc) is 2.66. The number of rotatable bonds is 5. The molecular weight excluding hydrogens is 350 g/mol. The molecule has 0 N–H and O–H groups in total. The molecule has 0 spiro atoms. The van der Waals surface area contributed by atoms with Crippen molar-refractivity contribution in [1.29, 1.82) is 0 Å². The third-order valence-electron chi connectivity index (χ3n) is 3.84. The van der Waals surface area contributed by atoms with Gasteiger partial charge in [-0.2, -0.15) is 0 Å². The van der Waals surface area contributed by atoms with Crippen LogP contribution in [0.1, 0.15) is 0 Å². The summed E-state index contributed by atoms with van der Waals surface area (Å²) in [5.74, 6) is -0.172. The van der Waals surface area contributed by atoms with Gasteiger partial charge in [0.25, 0.3) is 0 Å². The molecule has 3 rings (SSSR count). The monoisotopic (exact) mass is 369 g/mol. The Bertz CT molecular complexity index is 1100. The number of nitrogens with zero attached hydrogens (tertiary/aromatic N) is 1. The fraction of sp³-hybridized carbons (Fsp3) is 0.200. The van der Waals surface area contributed by atoms with Crippen LogP contribution < -0.4 is 14.9 Å². The summed E-state index contributed by atoms with van der Waals surface area (Å²) in [5.41, 5.74) is 0.612. The molecule has 0 amide bonds. The first-order valence-corrected chi connectivity index (χ1v) is 8.12. The van der Waals surface area contributed by atoms with Crippen molar-refractivity contribution in [2.75, 3.05) is 28.3 Å². The molecule has 0 radical (unpaired) electrons. The second-order valence-corrected chi connectivity index (χ2v) is 5.98. The van der Waals surface area contributed by atoms with Gasteiger partial charge in [-0.15, -0.1) is 0 Å². The standard InChI is InChI=1S/C20H19NO6/c1-21(2)11-18(20(23)25-4)27-17-10-15-13(9-16(17)24-3)19(22)12-7-5-6-8-14(12)26-15/h5-11H,1-4H3/b18-11-. The van der Waals surface area contributed by atoms with Gasteiger partial charge in [0, 0.05) is 26.4 Å². The van der Waals surface area contributed by atoms with Gasteiger partial charge in [-0.1, -0.05) is 12.1 Å². The smallest absolute Gasteiger partial charge is 0.375 e. The van der Waals surface area contributed by atoms with Gasteiger partial charge >= 0.3 is 5.97 Å². The largest absolute Gasteiger partial charge is 0.493 e. The van der Waals surface area contributed by atoms with Crippen LogP contribution in [0.3, 0.4) is 0 Å². The number of hydrogen-bond donors (Lipinski definition) is 0. The van der Waals surface area contributed by atoms with Crippen LogP contribution in [0.2, 0.25) is 0 Å². The van der Waals surface area contributed by atoms with Crippen molar-refractivity contribution >= 4 is 27.9 Å². The number of carbonyl (C=O) groups excluding carboxylic acids is 1. The molecular formula is C20H19NO6. The number of hydrogen-bond acceptors (Lipinski definition) is 7. The second-order valence-electron chi connectivity index (χ2n) is 5.98. The molecule has 7 nitrogen and oxygen atoms in total. The van der Waals surface area contributed by atoms with E-state index in [-0.39, 0.29) is 16.9 Å². The number of fused-ring (bicyclic) bond motifs is 2. The SMILES string of the molecule is COC(=O)/C(=C/N(C)C)Oc1cc2oc3ccccc3c(=O)c2cc1OC. The Morgan fingerprint density at radius 2 is 1.78 bits per heavy atom. The molecule has 3 aromatic rings. The van der Waals surface area contributed by atoms with E-state index in [1.807, 2.05) is 0 Å². The minimum Gasteiger partial charge on any atom is -0.493 e. The molecule has 7 heteroatoms. The molecule has 0 bridgehead atoms. The first-order chi connectivity index (χ1) is 12.9. The molecule has 0 aliphatic carbocycles. The topological polar surface area (TPSA) is 78.2 Å². The Morgan fingerprint density at radius 1 is 1.04 bits per heavy atom. The fourth-order valence-corrected chi connectivity index (χ4v) is 2.62. The van der Waals surface area contributed by atoms with E-state index in [4.69, 9.17) is 18.6 Å². The molecule has 27 heavy (non-hydrogen) atoms. The number of carbonyl (C=O) groups is 1. The lowest BCUT2D eigenvalue weighted by Crippen LogP contribution is -2.15. The predicted molar refractivity (Wildman–Crippen MR) is 101 cm³/mol. The van der Waals surface area contributed by atoms with Crippen molar-refractivity contribution in [3.05, 3.63) is 58.6 Å². The maximum absolute atomic E-state index is 12.7.